The van der Waals surface area contributed by atoms with Crippen LogP contribution in [0.1, 0.15) is 24.8 Å². The Morgan fingerprint density at radius 3 is 2.77 bits per heavy atom. The van der Waals surface area contributed by atoms with Gasteiger partial charge in [0.05, 0.1) is 20.8 Å². The monoisotopic (exact) mass is 361 g/mol. The highest BCUT2D eigenvalue weighted by Gasteiger charge is 2.38. The number of carbonyl (C=O) groups excluding carboxylic acids is 2. The molecule has 0 saturated carbocycles. The Hall–Kier alpha value is -2.28. The van der Waals surface area contributed by atoms with E-state index >= 15 is 0 Å². The SMILES string of the molecule is COc1ccc(CCNC(=O)CN2C3CCC2CC(=O)NC3)cc1OC. The fourth-order valence-electron chi connectivity index (χ4n) is 3.83. The third-order valence-electron chi connectivity index (χ3n) is 5.24. The summed E-state index contributed by atoms with van der Waals surface area (Å²) < 4.78 is 10.5. The Morgan fingerprint density at radius 2 is 2.00 bits per heavy atom. The molecule has 3 rings (SSSR count). The van der Waals surface area contributed by atoms with Gasteiger partial charge in [-0.1, -0.05) is 6.07 Å². The predicted molar refractivity (Wildman–Crippen MR) is 97.4 cm³/mol. The van der Waals surface area contributed by atoms with Gasteiger partial charge in [-0.05, 0) is 37.0 Å². The molecular weight excluding hydrogens is 334 g/mol. The number of carbonyl (C=O) groups is 2. The minimum Gasteiger partial charge on any atom is -0.493 e. The van der Waals surface area contributed by atoms with Crippen molar-refractivity contribution in [3.8, 4) is 11.5 Å². The van der Waals surface area contributed by atoms with E-state index in [1.807, 2.05) is 18.2 Å². The number of fused-ring (bicyclic) bond motifs is 2. The van der Waals surface area contributed by atoms with Crippen molar-refractivity contribution < 1.29 is 19.1 Å². The average Bonchev–Trinajstić information content (AvgIpc) is 2.92. The van der Waals surface area contributed by atoms with Gasteiger partial charge in [0, 0.05) is 31.6 Å². The van der Waals surface area contributed by atoms with Gasteiger partial charge in [-0.3, -0.25) is 14.5 Å². The molecule has 1 aromatic carbocycles. The van der Waals surface area contributed by atoms with Crippen molar-refractivity contribution in [1.82, 2.24) is 15.5 Å². The summed E-state index contributed by atoms with van der Waals surface area (Å²) in [5.41, 5.74) is 1.08. The largest absolute Gasteiger partial charge is 0.493 e. The molecule has 2 saturated heterocycles. The molecule has 2 amide bonds. The summed E-state index contributed by atoms with van der Waals surface area (Å²) >= 11 is 0. The van der Waals surface area contributed by atoms with Crippen LogP contribution in [-0.2, 0) is 16.0 Å². The summed E-state index contributed by atoms with van der Waals surface area (Å²) in [4.78, 5) is 26.2. The van der Waals surface area contributed by atoms with E-state index in [0.29, 0.717) is 37.6 Å². The maximum absolute atomic E-state index is 12.3. The molecular formula is C19H27N3O4. The molecule has 0 radical (unpaired) electrons. The van der Waals surface area contributed by atoms with Crippen LogP contribution in [0.5, 0.6) is 11.5 Å². The van der Waals surface area contributed by atoms with Crippen LogP contribution in [0.2, 0.25) is 0 Å². The molecule has 0 aromatic heterocycles. The highest BCUT2D eigenvalue weighted by molar-refractivity contribution is 5.79. The second-order valence-electron chi connectivity index (χ2n) is 6.85. The first-order chi connectivity index (χ1) is 12.6. The van der Waals surface area contributed by atoms with Crippen LogP contribution in [0.3, 0.4) is 0 Å². The summed E-state index contributed by atoms with van der Waals surface area (Å²) in [5, 5.41) is 5.92. The normalized spacial score (nSPS) is 22.5. The molecule has 1 aromatic rings. The molecule has 2 atom stereocenters. The maximum Gasteiger partial charge on any atom is 0.234 e. The van der Waals surface area contributed by atoms with E-state index in [-0.39, 0.29) is 23.9 Å². The van der Waals surface area contributed by atoms with Gasteiger partial charge in [-0.25, -0.2) is 0 Å². The number of amides is 2. The Labute approximate surface area is 154 Å². The molecule has 2 aliphatic heterocycles. The molecule has 7 heteroatoms. The standard InChI is InChI=1S/C19H27N3O4/c1-25-16-6-3-13(9-17(16)26-2)7-8-20-19(24)12-22-14-4-5-15(22)11-21-18(23)10-14/h3,6,9,14-15H,4-5,7-8,10-12H2,1-2H3,(H,20,24)(H,21,23). The maximum atomic E-state index is 12.3. The Balaban J connectivity index is 1.48. The van der Waals surface area contributed by atoms with Crippen molar-refractivity contribution in [3.63, 3.8) is 0 Å². The molecule has 142 valence electrons. The van der Waals surface area contributed by atoms with Crippen LogP contribution in [0.25, 0.3) is 0 Å². The molecule has 2 N–H and O–H groups in total. The number of methoxy groups -OCH3 is 2. The molecule has 2 aliphatic rings. The smallest absolute Gasteiger partial charge is 0.234 e. The van der Waals surface area contributed by atoms with E-state index in [9.17, 15) is 9.59 Å². The fourth-order valence-corrected chi connectivity index (χ4v) is 3.83. The third-order valence-corrected chi connectivity index (χ3v) is 5.24. The van der Waals surface area contributed by atoms with Gasteiger partial charge < -0.3 is 20.1 Å². The second-order valence-corrected chi connectivity index (χ2v) is 6.85. The predicted octanol–water partition coefficient (Wildman–Crippen LogP) is 0.715. The summed E-state index contributed by atoms with van der Waals surface area (Å²) in [6, 6.07) is 6.24. The van der Waals surface area contributed by atoms with E-state index in [0.717, 1.165) is 24.8 Å². The number of nitrogens with zero attached hydrogens (tertiary/aromatic N) is 1. The van der Waals surface area contributed by atoms with Crippen LogP contribution < -0.4 is 20.1 Å². The van der Waals surface area contributed by atoms with Crippen LogP contribution >= 0.6 is 0 Å². The number of benzene rings is 1. The zero-order chi connectivity index (χ0) is 18.5. The number of ether oxygens (including phenoxy) is 2. The molecule has 0 aliphatic carbocycles. The van der Waals surface area contributed by atoms with Gasteiger partial charge in [-0.2, -0.15) is 0 Å². The third kappa shape index (κ3) is 4.27. The van der Waals surface area contributed by atoms with Gasteiger partial charge in [0.25, 0.3) is 0 Å². The highest BCUT2D eigenvalue weighted by Crippen LogP contribution is 2.28. The Kier molecular flexibility index (Phi) is 5.98. The summed E-state index contributed by atoms with van der Waals surface area (Å²) in [6.07, 6.45) is 3.26. The summed E-state index contributed by atoms with van der Waals surface area (Å²) in [6.45, 7) is 1.57. The lowest BCUT2D eigenvalue weighted by Crippen LogP contribution is -2.45. The summed E-state index contributed by atoms with van der Waals surface area (Å²) in [5.74, 6) is 1.49. The number of hydrogen-bond donors (Lipinski definition) is 2. The van der Waals surface area contributed by atoms with Crippen molar-refractivity contribution >= 4 is 11.8 Å². The van der Waals surface area contributed by atoms with Gasteiger partial charge >= 0.3 is 0 Å². The van der Waals surface area contributed by atoms with Gasteiger partial charge in [0.2, 0.25) is 11.8 Å². The Morgan fingerprint density at radius 1 is 1.23 bits per heavy atom. The van der Waals surface area contributed by atoms with E-state index in [4.69, 9.17) is 9.47 Å². The van der Waals surface area contributed by atoms with E-state index in [1.54, 1.807) is 14.2 Å². The zero-order valence-electron chi connectivity index (χ0n) is 15.4. The van der Waals surface area contributed by atoms with Crippen molar-refractivity contribution in [2.45, 2.75) is 37.8 Å². The lowest BCUT2D eigenvalue weighted by Gasteiger charge is -2.26. The first kappa shape index (κ1) is 18.5. The first-order valence-corrected chi connectivity index (χ1v) is 9.10. The average molecular weight is 361 g/mol. The second kappa shape index (κ2) is 8.40. The molecule has 0 spiro atoms. The van der Waals surface area contributed by atoms with Gasteiger partial charge in [0.15, 0.2) is 11.5 Å². The van der Waals surface area contributed by atoms with Crippen molar-refractivity contribution in [1.29, 1.82) is 0 Å². The zero-order valence-corrected chi connectivity index (χ0v) is 15.4. The molecule has 2 heterocycles. The minimum absolute atomic E-state index is 0.0109. The minimum atomic E-state index is 0.0109. The van der Waals surface area contributed by atoms with Crippen molar-refractivity contribution in [2.24, 2.45) is 0 Å². The first-order valence-electron chi connectivity index (χ1n) is 9.10. The summed E-state index contributed by atoms with van der Waals surface area (Å²) in [7, 11) is 3.22. The van der Waals surface area contributed by atoms with E-state index in [2.05, 4.69) is 15.5 Å². The number of hydrogen-bond acceptors (Lipinski definition) is 5. The van der Waals surface area contributed by atoms with Crippen LogP contribution in [0.4, 0.5) is 0 Å². The van der Waals surface area contributed by atoms with Crippen LogP contribution in [-0.4, -0.2) is 62.7 Å². The van der Waals surface area contributed by atoms with E-state index < -0.39 is 0 Å². The number of nitrogens with one attached hydrogen (secondary N) is 2. The quantitative estimate of drug-likeness (QED) is 0.748. The number of rotatable bonds is 7. The molecule has 2 unspecified atom stereocenters. The lowest BCUT2D eigenvalue weighted by atomic mass is 10.1. The molecule has 26 heavy (non-hydrogen) atoms. The van der Waals surface area contributed by atoms with Crippen molar-refractivity contribution in [2.75, 3.05) is 33.9 Å². The fraction of sp³-hybridized carbons (Fsp3) is 0.579. The van der Waals surface area contributed by atoms with Crippen LogP contribution in [0, 0.1) is 0 Å². The lowest BCUT2D eigenvalue weighted by molar-refractivity contribution is -0.124. The Bertz CT molecular complexity index is 664. The van der Waals surface area contributed by atoms with Crippen LogP contribution in [0.15, 0.2) is 18.2 Å². The molecule has 2 fully saturated rings. The molecule has 2 bridgehead atoms. The van der Waals surface area contributed by atoms with Crippen molar-refractivity contribution in [3.05, 3.63) is 23.8 Å². The van der Waals surface area contributed by atoms with Gasteiger partial charge in [0.1, 0.15) is 0 Å². The highest BCUT2D eigenvalue weighted by atomic mass is 16.5. The van der Waals surface area contributed by atoms with E-state index in [1.165, 1.54) is 0 Å². The van der Waals surface area contributed by atoms with Gasteiger partial charge in [-0.15, -0.1) is 0 Å². The molecule has 7 nitrogen and oxygen atoms in total. The topological polar surface area (TPSA) is 79.9 Å².